The SMILES string of the molecule is CC[C@H](N)c1ccccc1Sc1n[nH]c(=O)n1C. The zero-order valence-electron chi connectivity index (χ0n) is 10.4. The van der Waals surface area contributed by atoms with Crippen molar-refractivity contribution in [2.45, 2.75) is 29.4 Å². The van der Waals surface area contributed by atoms with Crippen molar-refractivity contribution < 1.29 is 0 Å². The third kappa shape index (κ3) is 2.49. The van der Waals surface area contributed by atoms with Crippen molar-refractivity contribution in [3.63, 3.8) is 0 Å². The van der Waals surface area contributed by atoms with Gasteiger partial charge in [0, 0.05) is 18.0 Å². The molecule has 0 unspecified atom stereocenters. The molecule has 2 rings (SSSR count). The smallest absolute Gasteiger partial charge is 0.324 e. The van der Waals surface area contributed by atoms with Gasteiger partial charge in [0.15, 0.2) is 5.16 Å². The van der Waals surface area contributed by atoms with Crippen LogP contribution in [0, 0.1) is 0 Å². The van der Waals surface area contributed by atoms with Crippen LogP contribution in [0.4, 0.5) is 0 Å². The molecule has 96 valence electrons. The van der Waals surface area contributed by atoms with E-state index in [0.717, 1.165) is 16.9 Å². The molecular formula is C12H16N4OS. The van der Waals surface area contributed by atoms with Crippen LogP contribution in [0.3, 0.4) is 0 Å². The van der Waals surface area contributed by atoms with Crippen molar-refractivity contribution >= 4 is 11.8 Å². The van der Waals surface area contributed by atoms with Crippen molar-refractivity contribution in [2.24, 2.45) is 12.8 Å². The van der Waals surface area contributed by atoms with E-state index in [1.807, 2.05) is 24.3 Å². The van der Waals surface area contributed by atoms with Crippen molar-refractivity contribution in [3.8, 4) is 0 Å². The normalized spacial score (nSPS) is 12.6. The quantitative estimate of drug-likeness (QED) is 0.880. The summed E-state index contributed by atoms with van der Waals surface area (Å²) in [7, 11) is 1.69. The lowest BCUT2D eigenvalue weighted by Gasteiger charge is -2.13. The fourth-order valence-corrected chi connectivity index (χ4v) is 2.61. The van der Waals surface area contributed by atoms with Crippen LogP contribution >= 0.6 is 11.8 Å². The molecule has 6 heteroatoms. The van der Waals surface area contributed by atoms with E-state index in [1.165, 1.54) is 16.3 Å². The molecule has 5 nitrogen and oxygen atoms in total. The lowest BCUT2D eigenvalue weighted by molar-refractivity contribution is 0.684. The Balaban J connectivity index is 2.34. The second kappa shape index (κ2) is 5.41. The van der Waals surface area contributed by atoms with Gasteiger partial charge < -0.3 is 5.73 Å². The number of aromatic amines is 1. The Labute approximate surface area is 109 Å². The standard InChI is InChI=1S/C12H16N4OS/c1-3-9(13)8-6-4-5-7-10(8)18-12-15-14-11(17)16(12)2/h4-7,9H,3,13H2,1-2H3,(H,14,17)/t9-/m0/s1. The topological polar surface area (TPSA) is 76.7 Å². The van der Waals surface area contributed by atoms with E-state index in [4.69, 9.17) is 5.73 Å². The summed E-state index contributed by atoms with van der Waals surface area (Å²) < 4.78 is 1.49. The van der Waals surface area contributed by atoms with Gasteiger partial charge in [0.1, 0.15) is 0 Å². The first-order valence-corrected chi connectivity index (χ1v) is 6.59. The molecule has 0 radical (unpaired) electrons. The molecule has 1 heterocycles. The molecule has 0 amide bonds. The summed E-state index contributed by atoms with van der Waals surface area (Å²) in [5.74, 6) is 0. The number of nitrogens with two attached hydrogens (primary N) is 1. The maximum atomic E-state index is 11.3. The number of nitrogens with zero attached hydrogens (tertiary/aromatic N) is 2. The average Bonchev–Trinajstić information content (AvgIpc) is 2.70. The number of rotatable bonds is 4. The predicted octanol–water partition coefficient (Wildman–Crippen LogP) is 1.67. The van der Waals surface area contributed by atoms with Crippen LogP contribution in [0.25, 0.3) is 0 Å². The van der Waals surface area contributed by atoms with Crippen LogP contribution in [-0.2, 0) is 7.05 Å². The molecule has 0 aliphatic rings. The molecule has 2 aromatic rings. The largest absolute Gasteiger partial charge is 0.343 e. The molecule has 0 fully saturated rings. The van der Waals surface area contributed by atoms with Crippen LogP contribution in [0.15, 0.2) is 39.1 Å². The fourth-order valence-electron chi connectivity index (χ4n) is 1.62. The van der Waals surface area contributed by atoms with Crippen molar-refractivity contribution in [1.29, 1.82) is 0 Å². The molecule has 1 aromatic carbocycles. The molecule has 1 atom stereocenters. The van der Waals surface area contributed by atoms with Crippen molar-refractivity contribution in [1.82, 2.24) is 14.8 Å². The Morgan fingerprint density at radius 2 is 2.22 bits per heavy atom. The van der Waals surface area contributed by atoms with Crippen molar-refractivity contribution in [2.75, 3.05) is 0 Å². The summed E-state index contributed by atoms with van der Waals surface area (Å²) in [5, 5.41) is 7.04. The molecule has 18 heavy (non-hydrogen) atoms. The summed E-state index contributed by atoms with van der Waals surface area (Å²) in [6.45, 7) is 2.05. The second-order valence-corrected chi connectivity index (χ2v) is 5.03. The van der Waals surface area contributed by atoms with Crippen LogP contribution in [0.1, 0.15) is 24.9 Å². The summed E-state index contributed by atoms with van der Waals surface area (Å²) in [6, 6.07) is 7.94. The zero-order chi connectivity index (χ0) is 13.1. The summed E-state index contributed by atoms with van der Waals surface area (Å²) in [4.78, 5) is 12.3. The zero-order valence-corrected chi connectivity index (χ0v) is 11.2. The Bertz CT molecular complexity index is 590. The molecule has 1 aromatic heterocycles. The molecule has 0 aliphatic heterocycles. The summed E-state index contributed by atoms with van der Waals surface area (Å²) >= 11 is 1.45. The van der Waals surface area contributed by atoms with Gasteiger partial charge in [-0.3, -0.25) is 4.57 Å². The van der Waals surface area contributed by atoms with E-state index in [9.17, 15) is 4.79 Å². The fraction of sp³-hybridized carbons (Fsp3) is 0.333. The highest BCUT2D eigenvalue weighted by atomic mass is 32.2. The summed E-state index contributed by atoms with van der Waals surface area (Å²) in [6.07, 6.45) is 0.872. The first-order valence-electron chi connectivity index (χ1n) is 5.77. The maximum Gasteiger partial charge on any atom is 0.343 e. The number of aromatic nitrogens is 3. The number of H-pyrrole nitrogens is 1. The number of benzene rings is 1. The maximum absolute atomic E-state index is 11.3. The van der Waals surface area contributed by atoms with E-state index in [1.54, 1.807) is 7.05 Å². The summed E-state index contributed by atoms with van der Waals surface area (Å²) in [5.41, 5.74) is 6.95. The highest BCUT2D eigenvalue weighted by Crippen LogP contribution is 2.31. The van der Waals surface area contributed by atoms with E-state index in [2.05, 4.69) is 17.1 Å². The molecule has 0 saturated heterocycles. The van der Waals surface area contributed by atoms with E-state index in [0.29, 0.717) is 5.16 Å². The van der Waals surface area contributed by atoms with Gasteiger partial charge in [0.05, 0.1) is 0 Å². The lowest BCUT2D eigenvalue weighted by atomic mass is 10.1. The van der Waals surface area contributed by atoms with Gasteiger partial charge in [-0.1, -0.05) is 25.1 Å². The van der Waals surface area contributed by atoms with Gasteiger partial charge in [-0.25, -0.2) is 9.89 Å². The molecule has 0 spiro atoms. The number of hydrogen-bond acceptors (Lipinski definition) is 4. The van der Waals surface area contributed by atoms with Gasteiger partial charge >= 0.3 is 5.69 Å². The van der Waals surface area contributed by atoms with Crippen LogP contribution in [0.2, 0.25) is 0 Å². The van der Waals surface area contributed by atoms with Gasteiger partial charge in [0.2, 0.25) is 0 Å². The second-order valence-electron chi connectivity index (χ2n) is 4.02. The monoisotopic (exact) mass is 264 g/mol. The minimum absolute atomic E-state index is 0.00432. The van der Waals surface area contributed by atoms with Gasteiger partial charge in [0.25, 0.3) is 0 Å². The number of nitrogens with one attached hydrogen (secondary N) is 1. The molecule has 0 saturated carbocycles. The molecule has 3 N–H and O–H groups in total. The third-order valence-electron chi connectivity index (χ3n) is 2.80. The van der Waals surface area contributed by atoms with Gasteiger partial charge in [-0.2, -0.15) is 0 Å². The molecule has 0 bridgehead atoms. The highest BCUT2D eigenvalue weighted by Gasteiger charge is 2.12. The highest BCUT2D eigenvalue weighted by molar-refractivity contribution is 7.99. The Kier molecular flexibility index (Phi) is 3.88. The Morgan fingerprint density at radius 1 is 1.50 bits per heavy atom. The van der Waals surface area contributed by atoms with E-state index in [-0.39, 0.29) is 11.7 Å². The lowest BCUT2D eigenvalue weighted by Crippen LogP contribution is -2.13. The predicted molar refractivity (Wildman–Crippen MR) is 71.6 cm³/mol. The third-order valence-corrected chi connectivity index (χ3v) is 3.94. The van der Waals surface area contributed by atoms with Gasteiger partial charge in [-0.15, -0.1) is 5.10 Å². The first kappa shape index (κ1) is 12.9. The first-order chi connectivity index (χ1) is 8.63. The molecular weight excluding hydrogens is 248 g/mol. The van der Waals surface area contributed by atoms with Crippen LogP contribution < -0.4 is 11.4 Å². The van der Waals surface area contributed by atoms with Crippen LogP contribution in [0.5, 0.6) is 0 Å². The van der Waals surface area contributed by atoms with Crippen LogP contribution in [-0.4, -0.2) is 14.8 Å². The van der Waals surface area contributed by atoms with E-state index < -0.39 is 0 Å². The number of hydrogen-bond donors (Lipinski definition) is 2. The van der Waals surface area contributed by atoms with Crippen molar-refractivity contribution in [3.05, 3.63) is 40.3 Å². The Morgan fingerprint density at radius 3 is 2.83 bits per heavy atom. The van der Waals surface area contributed by atoms with Gasteiger partial charge in [-0.05, 0) is 29.8 Å². The Hall–Kier alpha value is -1.53. The molecule has 0 aliphatic carbocycles. The average molecular weight is 264 g/mol. The minimum atomic E-state index is -0.213. The minimum Gasteiger partial charge on any atom is -0.324 e. The van der Waals surface area contributed by atoms with E-state index >= 15 is 0 Å².